The monoisotopic (exact) mass is 601 g/mol. The Morgan fingerprint density at radius 3 is 2.51 bits per heavy atom. The van der Waals surface area contributed by atoms with Gasteiger partial charge in [0, 0.05) is 37.7 Å². The molecule has 0 bridgehead atoms. The molecule has 0 radical (unpaired) electrons. The van der Waals surface area contributed by atoms with E-state index in [1.165, 1.54) is 12.1 Å². The number of nitrogens with zero attached hydrogens (tertiary/aromatic N) is 4. The van der Waals surface area contributed by atoms with Crippen LogP contribution in [0, 0.1) is 12.5 Å². The fraction of sp³-hybridized carbons (Fsp3) is 0.393. The predicted octanol–water partition coefficient (Wildman–Crippen LogP) is 4.38. The first kappa shape index (κ1) is 30.4. The van der Waals surface area contributed by atoms with Crippen LogP contribution >= 0.6 is 23.2 Å². The number of H-pyrrole nitrogens is 1. The summed E-state index contributed by atoms with van der Waals surface area (Å²) in [6.07, 6.45) is -0.790. The highest BCUT2D eigenvalue weighted by molar-refractivity contribution is 6.40. The molecule has 1 aliphatic rings. The number of rotatable bonds is 11. The van der Waals surface area contributed by atoms with Crippen molar-refractivity contribution in [3.63, 3.8) is 0 Å². The second-order valence-corrected chi connectivity index (χ2v) is 10.9. The summed E-state index contributed by atoms with van der Waals surface area (Å²) in [6.45, 7) is 7.87. The second-order valence-electron chi connectivity index (χ2n) is 10.0. The van der Waals surface area contributed by atoms with Crippen molar-refractivity contribution in [3.8, 4) is 0 Å². The number of aromatic amines is 1. The first-order valence-corrected chi connectivity index (χ1v) is 13.7. The van der Waals surface area contributed by atoms with Gasteiger partial charge in [-0.2, -0.15) is 11.7 Å². The van der Waals surface area contributed by atoms with E-state index < -0.39 is 36.0 Å². The minimum absolute atomic E-state index is 0.0380. The van der Waals surface area contributed by atoms with Gasteiger partial charge in [-0.15, -0.1) is 4.95 Å². The Morgan fingerprint density at radius 2 is 1.88 bits per heavy atom. The zero-order chi connectivity index (χ0) is 29.7. The molecule has 3 aromatic rings. The lowest BCUT2D eigenvalue weighted by Gasteiger charge is -2.19. The van der Waals surface area contributed by atoms with E-state index in [1.807, 2.05) is 0 Å². The largest absolute Gasteiger partial charge is 0.481 e. The summed E-state index contributed by atoms with van der Waals surface area (Å²) in [6, 6.07) is 8.04. The third-order valence-corrected chi connectivity index (χ3v) is 7.81. The number of benzene rings is 2. The number of β-amino-alcohol motifs (C(OH)–C–C–N with tert-alkyl or cyclic N) is 1. The molecule has 0 amide bonds. The van der Waals surface area contributed by atoms with Gasteiger partial charge < -0.3 is 25.3 Å². The number of amidine groups is 1. The maximum absolute atomic E-state index is 13.1. The fourth-order valence-electron chi connectivity index (χ4n) is 4.94. The van der Waals surface area contributed by atoms with Crippen LogP contribution in [0.5, 0.6) is 0 Å². The molecule has 5 N–H and O–H groups in total. The van der Waals surface area contributed by atoms with Crippen LogP contribution in [0.25, 0.3) is 15.9 Å². The number of aliphatic hydroxyl groups excluding tert-OH is 3. The molecule has 1 fully saturated rings. The second kappa shape index (κ2) is 13.4. The van der Waals surface area contributed by atoms with Crippen LogP contribution in [0.3, 0.4) is 0 Å². The number of halogens is 2. The lowest BCUT2D eigenvalue weighted by atomic mass is 9.92. The summed E-state index contributed by atoms with van der Waals surface area (Å²) in [4.78, 5) is 29.9. The zero-order valence-electron chi connectivity index (χ0n) is 21.9. The van der Waals surface area contributed by atoms with Gasteiger partial charge in [0.2, 0.25) is 0 Å². The van der Waals surface area contributed by atoms with Gasteiger partial charge in [0.15, 0.2) is 11.6 Å². The molecule has 0 spiro atoms. The quantitative estimate of drug-likeness (QED) is 0.0710. The summed E-state index contributed by atoms with van der Waals surface area (Å²) < 4.78 is 0. The van der Waals surface area contributed by atoms with Crippen LogP contribution in [0.4, 0.5) is 0 Å². The number of fused-ring (bicyclic) bond motifs is 1. The van der Waals surface area contributed by atoms with Crippen LogP contribution in [0.2, 0.25) is 10.0 Å². The van der Waals surface area contributed by atoms with E-state index in [9.17, 15) is 30.0 Å². The third kappa shape index (κ3) is 7.41. The topological polar surface area (TPSA) is 164 Å². The number of carboxylic acid groups (broad SMARTS) is 1. The number of hydrogen-bond donors (Lipinski definition) is 5. The van der Waals surface area contributed by atoms with Gasteiger partial charge in [0.25, 0.3) is 0 Å². The molecule has 4 atom stereocenters. The molecule has 1 aromatic heterocycles. The van der Waals surface area contributed by atoms with E-state index in [1.54, 1.807) is 29.3 Å². The van der Waals surface area contributed by atoms with Gasteiger partial charge in [0.1, 0.15) is 5.10 Å². The molecule has 2 unspecified atom stereocenters. The van der Waals surface area contributed by atoms with Crippen molar-refractivity contribution in [3.05, 3.63) is 74.8 Å². The van der Waals surface area contributed by atoms with Crippen LogP contribution in [-0.2, 0) is 4.79 Å². The van der Waals surface area contributed by atoms with Gasteiger partial charge >= 0.3 is 5.97 Å². The Kier molecular flexibility index (Phi) is 9.96. The van der Waals surface area contributed by atoms with Crippen molar-refractivity contribution in [1.29, 1.82) is 0 Å². The highest BCUT2D eigenvalue weighted by atomic mass is 35.5. The summed E-state index contributed by atoms with van der Waals surface area (Å²) >= 11 is 12.8. The summed E-state index contributed by atoms with van der Waals surface area (Å²) in [5.74, 6) is -2.49. The number of carbonyl (C=O) groups excluding carboxylic acids is 1. The minimum atomic E-state index is -1.19. The molecule has 0 aliphatic carbocycles. The van der Waals surface area contributed by atoms with Crippen molar-refractivity contribution < 1.29 is 30.0 Å². The lowest BCUT2D eigenvalue weighted by Crippen LogP contribution is -2.30. The molecule has 2 aromatic carbocycles. The van der Waals surface area contributed by atoms with Crippen LogP contribution in [0.1, 0.15) is 65.8 Å². The number of aliphatic hydroxyl groups is 3. The molecule has 2 heterocycles. The first-order chi connectivity index (χ1) is 19.6. The minimum Gasteiger partial charge on any atom is -0.481 e. The predicted molar refractivity (Wildman–Crippen MR) is 153 cm³/mol. The van der Waals surface area contributed by atoms with Crippen molar-refractivity contribution in [2.45, 2.75) is 50.4 Å². The van der Waals surface area contributed by atoms with E-state index in [4.69, 9.17) is 29.8 Å². The SMILES string of the molecule is [C-]#[N+]/N=C(/CC[C@H](CC(=O)c1c(Cl)cc(C(O)CC(O)c2ccc3cn[nH]c3c2)cc1Cl)C(=O)O)N1CC[C@H](O)C1. The van der Waals surface area contributed by atoms with Gasteiger partial charge in [-0.1, -0.05) is 35.3 Å². The number of Topliss-reactive ketones (excluding diaryl/α,β-unsaturated/α-hetero) is 1. The third-order valence-electron chi connectivity index (χ3n) is 7.22. The number of hydrogen-bond acceptors (Lipinski definition) is 7. The highest BCUT2D eigenvalue weighted by Crippen LogP contribution is 2.35. The number of likely N-dealkylation sites (tertiary alicyclic amines) is 1. The average Bonchev–Trinajstić information content (AvgIpc) is 3.57. The van der Waals surface area contributed by atoms with Crippen molar-refractivity contribution >= 4 is 51.7 Å². The van der Waals surface area contributed by atoms with Crippen molar-refractivity contribution in [2.75, 3.05) is 13.1 Å². The molecule has 0 saturated carbocycles. The first-order valence-electron chi connectivity index (χ1n) is 13.0. The van der Waals surface area contributed by atoms with E-state index in [0.29, 0.717) is 36.5 Å². The van der Waals surface area contributed by atoms with Gasteiger partial charge in [-0.25, -0.2) is 0 Å². The van der Waals surface area contributed by atoms with Gasteiger partial charge in [0.05, 0.1) is 51.6 Å². The van der Waals surface area contributed by atoms with Crippen molar-refractivity contribution in [2.24, 2.45) is 11.0 Å². The molecule has 11 nitrogen and oxygen atoms in total. The number of aromatic nitrogens is 2. The maximum atomic E-state index is 13.1. The van der Waals surface area contributed by atoms with Crippen LogP contribution in [0.15, 0.2) is 41.6 Å². The Morgan fingerprint density at radius 1 is 1.17 bits per heavy atom. The lowest BCUT2D eigenvalue weighted by molar-refractivity contribution is -0.141. The van der Waals surface area contributed by atoms with Gasteiger partial charge in [-0.05, 0) is 42.2 Å². The summed E-state index contributed by atoms with van der Waals surface area (Å²) in [5, 5.41) is 52.4. The smallest absolute Gasteiger partial charge is 0.306 e. The zero-order valence-corrected chi connectivity index (χ0v) is 23.4. The molecular weight excluding hydrogens is 573 g/mol. The Bertz CT molecular complexity index is 1480. The number of carboxylic acids is 1. The molecular formula is C28H29Cl2N5O6. The molecule has 216 valence electrons. The van der Waals surface area contributed by atoms with Crippen molar-refractivity contribution in [1.82, 2.24) is 15.1 Å². The normalized spacial score (nSPS) is 17.8. The molecule has 13 heteroatoms. The number of carbonyl (C=O) groups is 2. The standard InChI is InChI=1S/C28H29Cl2N5O6/c1-31-34-26(35-7-6-19(36)14-35)5-4-16(28(40)41)11-25(39)27-20(29)8-18(9-21(27)30)24(38)12-23(37)15-2-3-17-13-32-33-22(17)10-15/h2-3,8-10,13,16,19,23-24,36-38H,4-7,11-12,14H2,(H,32,33)(H,40,41)/b34-26-/t16-,19+,23?,24?/m1/s1. The van der Waals surface area contributed by atoms with E-state index in [-0.39, 0.29) is 41.3 Å². The molecule has 4 rings (SSSR count). The van der Waals surface area contributed by atoms with Crippen LogP contribution in [-0.4, -0.2) is 72.3 Å². The average molecular weight is 602 g/mol. The summed E-state index contributed by atoms with van der Waals surface area (Å²) in [5.41, 5.74) is 1.56. The Labute approximate surface area is 245 Å². The van der Waals surface area contributed by atoms with E-state index >= 15 is 0 Å². The summed E-state index contributed by atoms with van der Waals surface area (Å²) in [7, 11) is 0. The van der Waals surface area contributed by atoms with E-state index in [0.717, 1.165) is 10.9 Å². The number of ketones is 1. The number of aliphatic carboxylic acids is 1. The molecule has 1 saturated heterocycles. The highest BCUT2D eigenvalue weighted by Gasteiger charge is 2.29. The number of nitrogens with one attached hydrogen (secondary N) is 1. The molecule has 41 heavy (non-hydrogen) atoms. The maximum Gasteiger partial charge on any atom is 0.306 e. The van der Waals surface area contributed by atoms with Gasteiger partial charge in [-0.3, -0.25) is 14.7 Å². The Balaban J connectivity index is 1.42. The Hall–Kier alpha value is -3.53. The fourth-order valence-corrected chi connectivity index (χ4v) is 5.66. The molecule has 1 aliphatic heterocycles. The van der Waals surface area contributed by atoms with Crippen LogP contribution < -0.4 is 0 Å². The van der Waals surface area contributed by atoms with E-state index in [2.05, 4.69) is 20.3 Å².